The van der Waals surface area contributed by atoms with Gasteiger partial charge in [-0.1, -0.05) is 42.8 Å². The normalized spacial score (nSPS) is 15.4. The molecule has 2 aromatic rings. The average Bonchev–Trinajstić information content (AvgIpc) is 2.32. The van der Waals surface area contributed by atoms with Crippen molar-refractivity contribution in [2.45, 2.75) is 32.1 Å². The minimum atomic E-state index is 0.806. The Bertz CT molecular complexity index is 550. The quantitative estimate of drug-likeness (QED) is 0.764. The average molecular weight is 237 g/mol. The fourth-order valence-electron chi connectivity index (χ4n) is 2.64. The van der Waals surface area contributed by atoms with Gasteiger partial charge in [0.25, 0.3) is 0 Å². The lowest BCUT2D eigenvalue weighted by molar-refractivity contribution is 0.420. The highest BCUT2D eigenvalue weighted by molar-refractivity contribution is 5.72. The largest absolute Gasteiger partial charge is 0.398 e. The van der Waals surface area contributed by atoms with Crippen molar-refractivity contribution in [2.75, 3.05) is 5.73 Å². The highest BCUT2D eigenvalue weighted by Crippen LogP contribution is 2.37. The van der Waals surface area contributed by atoms with Crippen LogP contribution in [0, 0.1) is 6.92 Å². The highest BCUT2D eigenvalue weighted by atomic mass is 14.6. The second-order valence-electron chi connectivity index (χ2n) is 5.27. The summed E-state index contributed by atoms with van der Waals surface area (Å²) in [5.74, 6) is 0.806. The molecule has 1 heteroatoms. The monoisotopic (exact) mass is 237 g/mol. The van der Waals surface area contributed by atoms with Gasteiger partial charge in [-0.25, -0.2) is 0 Å². The van der Waals surface area contributed by atoms with Crippen molar-refractivity contribution in [2.24, 2.45) is 0 Å². The van der Waals surface area contributed by atoms with Crippen LogP contribution in [0.25, 0.3) is 11.1 Å². The van der Waals surface area contributed by atoms with Crippen molar-refractivity contribution in [1.82, 2.24) is 0 Å². The van der Waals surface area contributed by atoms with Crippen LogP contribution in [0.15, 0.2) is 42.5 Å². The van der Waals surface area contributed by atoms with Crippen LogP contribution in [-0.4, -0.2) is 0 Å². The van der Waals surface area contributed by atoms with Crippen LogP contribution < -0.4 is 5.73 Å². The molecule has 0 aliphatic heterocycles. The maximum absolute atomic E-state index is 5.97. The lowest BCUT2D eigenvalue weighted by Crippen LogP contribution is -2.08. The van der Waals surface area contributed by atoms with E-state index in [-0.39, 0.29) is 0 Å². The van der Waals surface area contributed by atoms with Crippen LogP contribution >= 0.6 is 0 Å². The van der Waals surface area contributed by atoms with Crippen LogP contribution in [0.1, 0.15) is 36.3 Å². The Morgan fingerprint density at radius 1 is 1.00 bits per heavy atom. The summed E-state index contributed by atoms with van der Waals surface area (Å²) < 4.78 is 0. The Morgan fingerprint density at radius 3 is 2.33 bits per heavy atom. The number of nitrogen functional groups attached to an aromatic ring is 1. The van der Waals surface area contributed by atoms with E-state index in [0.717, 1.165) is 11.6 Å². The SMILES string of the molecule is Cc1c(N)cccc1-c1ccc(C2CCC2)cc1. The highest BCUT2D eigenvalue weighted by Gasteiger charge is 2.19. The fraction of sp³-hybridized carbons (Fsp3) is 0.294. The molecule has 0 atom stereocenters. The van der Waals surface area contributed by atoms with Crippen molar-refractivity contribution in [1.29, 1.82) is 0 Å². The second kappa shape index (κ2) is 4.49. The molecule has 0 unspecified atom stereocenters. The molecule has 0 aromatic heterocycles. The Hall–Kier alpha value is -1.76. The van der Waals surface area contributed by atoms with E-state index in [4.69, 9.17) is 5.73 Å². The number of anilines is 1. The summed E-state index contributed by atoms with van der Waals surface area (Å²) in [7, 11) is 0. The van der Waals surface area contributed by atoms with Crippen LogP contribution in [0.5, 0.6) is 0 Å². The van der Waals surface area contributed by atoms with Crippen molar-refractivity contribution in [3.63, 3.8) is 0 Å². The van der Waals surface area contributed by atoms with Crippen LogP contribution in [0.4, 0.5) is 5.69 Å². The number of hydrogen-bond acceptors (Lipinski definition) is 1. The second-order valence-corrected chi connectivity index (χ2v) is 5.27. The Kier molecular flexibility index (Phi) is 2.83. The molecule has 18 heavy (non-hydrogen) atoms. The third-order valence-corrected chi connectivity index (χ3v) is 4.17. The smallest absolute Gasteiger partial charge is 0.0349 e. The first kappa shape index (κ1) is 11.3. The molecule has 0 saturated heterocycles. The van der Waals surface area contributed by atoms with Gasteiger partial charge in [-0.3, -0.25) is 0 Å². The minimum Gasteiger partial charge on any atom is -0.398 e. The Balaban J connectivity index is 1.94. The summed E-state index contributed by atoms with van der Waals surface area (Å²) in [5.41, 5.74) is 12.0. The molecule has 3 rings (SSSR count). The summed E-state index contributed by atoms with van der Waals surface area (Å²) in [5, 5.41) is 0. The van der Waals surface area contributed by atoms with E-state index < -0.39 is 0 Å². The van der Waals surface area contributed by atoms with E-state index >= 15 is 0 Å². The van der Waals surface area contributed by atoms with Gasteiger partial charge in [0, 0.05) is 5.69 Å². The molecule has 1 aliphatic carbocycles. The van der Waals surface area contributed by atoms with Gasteiger partial charge in [-0.05, 0) is 54.0 Å². The van der Waals surface area contributed by atoms with Crippen LogP contribution in [0.3, 0.4) is 0 Å². The number of hydrogen-bond donors (Lipinski definition) is 1. The maximum Gasteiger partial charge on any atom is 0.0349 e. The fourth-order valence-corrected chi connectivity index (χ4v) is 2.64. The molecule has 1 nitrogen and oxygen atoms in total. The zero-order valence-electron chi connectivity index (χ0n) is 10.8. The van der Waals surface area contributed by atoms with Crippen molar-refractivity contribution in [3.8, 4) is 11.1 Å². The molecular formula is C17H19N. The minimum absolute atomic E-state index is 0.806. The molecule has 92 valence electrons. The van der Waals surface area contributed by atoms with E-state index in [1.165, 1.54) is 41.5 Å². The van der Waals surface area contributed by atoms with Gasteiger partial charge in [0.1, 0.15) is 0 Å². The van der Waals surface area contributed by atoms with Crippen molar-refractivity contribution < 1.29 is 0 Å². The summed E-state index contributed by atoms with van der Waals surface area (Å²) in [6, 6.07) is 15.2. The van der Waals surface area contributed by atoms with Gasteiger partial charge >= 0.3 is 0 Å². The number of rotatable bonds is 2. The molecule has 2 aromatic carbocycles. The Labute approximate surface area is 109 Å². The van der Waals surface area contributed by atoms with Gasteiger partial charge in [-0.2, -0.15) is 0 Å². The first-order valence-corrected chi connectivity index (χ1v) is 6.71. The third-order valence-electron chi connectivity index (χ3n) is 4.17. The van der Waals surface area contributed by atoms with Gasteiger partial charge < -0.3 is 5.73 Å². The predicted molar refractivity (Wildman–Crippen MR) is 77.6 cm³/mol. The molecule has 0 spiro atoms. The third kappa shape index (κ3) is 1.90. The molecule has 2 N–H and O–H groups in total. The molecule has 0 bridgehead atoms. The van der Waals surface area contributed by atoms with Crippen LogP contribution in [-0.2, 0) is 0 Å². The first-order chi connectivity index (χ1) is 8.75. The maximum atomic E-state index is 5.97. The molecule has 1 fully saturated rings. The molecule has 0 heterocycles. The lowest BCUT2D eigenvalue weighted by Gasteiger charge is -2.25. The zero-order chi connectivity index (χ0) is 12.5. The first-order valence-electron chi connectivity index (χ1n) is 6.71. The summed E-state index contributed by atoms with van der Waals surface area (Å²) >= 11 is 0. The van der Waals surface area contributed by atoms with Gasteiger partial charge in [0.05, 0.1) is 0 Å². The topological polar surface area (TPSA) is 26.0 Å². The molecule has 0 radical (unpaired) electrons. The standard InChI is InChI=1S/C17H19N/c1-12-16(6-3-7-17(12)18)15-10-8-14(9-11-15)13-4-2-5-13/h3,6-11,13H,2,4-5,18H2,1H3. The molecular weight excluding hydrogens is 218 g/mol. The van der Waals surface area contributed by atoms with Gasteiger partial charge in [0.15, 0.2) is 0 Å². The molecule has 1 aliphatic rings. The summed E-state index contributed by atoms with van der Waals surface area (Å²) in [4.78, 5) is 0. The predicted octanol–water partition coefficient (Wildman–Crippen LogP) is 4.51. The van der Waals surface area contributed by atoms with Crippen molar-refractivity contribution >= 4 is 5.69 Å². The summed E-state index contributed by atoms with van der Waals surface area (Å²) in [6.07, 6.45) is 4.11. The number of nitrogens with two attached hydrogens (primary N) is 1. The summed E-state index contributed by atoms with van der Waals surface area (Å²) in [6.45, 7) is 2.09. The van der Waals surface area contributed by atoms with E-state index in [1.54, 1.807) is 0 Å². The van der Waals surface area contributed by atoms with Gasteiger partial charge in [-0.15, -0.1) is 0 Å². The van der Waals surface area contributed by atoms with E-state index in [2.05, 4.69) is 37.3 Å². The molecule has 0 amide bonds. The van der Waals surface area contributed by atoms with Crippen LogP contribution in [0.2, 0.25) is 0 Å². The van der Waals surface area contributed by atoms with E-state index in [0.29, 0.717) is 0 Å². The zero-order valence-corrected chi connectivity index (χ0v) is 10.8. The lowest BCUT2D eigenvalue weighted by atomic mass is 9.80. The van der Waals surface area contributed by atoms with E-state index in [9.17, 15) is 0 Å². The van der Waals surface area contributed by atoms with E-state index in [1.807, 2.05) is 12.1 Å². The molecule has 1 saturated carbocycles. The van der Waals surface area contributed by atoms with Crippen molar-refractivity contribution in [3.05, 3.63) is 53.6 Å². The number of benzene rings is 2. The van der Waals surface area contributed by atoms with Gasteiger partial charge in [0.2, 0.25) is 0 Å². The Morgan fingerprint density at radius 2 is 1.72 bits per heavy atom.